The first-order chi connectivity index (χ1) is 9.33. The van der Waals surface area contributed by atoms with Gasteiger partial charge in [0.1, 0.15) is 0 Å². The summed E-state index contributed by atoms with van der Waals surface area (Å²) in [5.41, 5.74) is 2.05. The second kappa shape index (κ2) is 5.55. The third kappa shape index (κ3) is 2.85. The Morgan fingerprint density at radius 1 is 1.37 bits per heavy atom. The molecule has 0 spiro atoms. The van der Waals surface area contributed by atoms with Crippen molar-refractivity contribution in [3.8, 4) is 0 Å². The molecule has 0 atom stereocenters. The Morgan fingerprint density at radius 3 is 3.16 bits per heavy atom. The number of rotatable bonds is 3. The van der Waals surface area contributed by atoms with Gasteiger partial charge in [-0.15, -0.1) is 11.3 Å². The molecule has 0 aliphatic carbocycles. The van der Waals surface area contributed by atoms with E-state index in [-0.39, 0.29) is 5.91 Å². The molecule has 1 amide bonds. The highest BCUT2D eigenvalue weighted by atomic mass is 32.1. The van der Waals surface area contributed by atoms with Crippen LogP contribution >= 0.6 is 11.3 Å². The Labute approximate surface area is 116 Å². The monoisotopic (exact) mass is 272 g/mol. The molecule has 2 N–H and O–H groups in total. The lowest BCUT2D eigenvalue weighted by Crippen LogP contribution is -2.29. The molecule has 2 heterocycles. The van der Waals surface area contributed by atoms with Crippen molar-refractivity contribution in [1.82, 2.24) is 10.6 Å². The number of fused-ring (bicyclic) bond motifs is 1. The van der Waals surface area contributed by atoms with Crippen LogP contribution in [0.2, 0.25) is 0 Å². The minimum atomic E-state index is 0.00697. The molecular weight excluding hydrogens is 256 g/mol. The number of amides is 1. The molecule has 1 aliphatic heterocycles. The van der Waals surface area contributed by atoms with Crippen molar-refractivity contribution in [2.45, 2.75) is 6.42 Å². The van der Waals surface area contributed by atoms with Crippen molar-refractivity contribution < 1.29 is 4.79 Å². The zero-order valence-corrected chi connectivity index (χ0v) is 11.4. The molecule has 3 rings (SSSR count). The van der Waals surface area contributed by atoms with E-state index in [1.807, 2.05) is 29.6 Å². The maximum absolute atomic E-state index is 12.1. The van der Waals surface area contributed by atoms with E-state index in [4.69, 9.17) is 0 Å². The van der Waals surface area contributed by atoms with Crippen molar-refractivity contribution in [3.05, 3.63) is 46.9 Å². The van der Waals surface area contributed by atoms with E-state index >= 15 is 0 Å². The summed E-state index contributed by atoms with van der Waals surface area (Å²) in [7, 11) is 0. The standard InChI is InChI=1S/C15H16N2OS/c18-15(17-10-11-3-6-16-7-4-11)13-1-2-14-12(9-13)5-8-19-14/h1-3,5,8-9,16H,4,6-7,10H2,(H,17,18). The average Bonchev–Trinajstić information content (AvgIpc) is 2.93. The lowest BCUT2D eigenvalue weighted by molar-refractivity contribution is 0.0957. The summed E-state index contributed by atoms with van der Waals surface area (Å²) in [6, 6.07) is 7.91. The predicted octanol–water partition coefficient (Wildman–Crippen LogP) is 2.55. The molecule has 1 aromatic carbocycles. The lowest BCUT2D eigenvalue weighted by atomic mass is 10.1. The van der Waals surface area contributed by atoms with Crippen LogP contribution in [0.25, 0.3) is 10.1 Å². The fourth-order valence-electron chi connectivity index (χ4n) is 2.23. The number of thiophene rings is 1. The van der Waals surface area contributed by atoms with Crippen LogP contribution in [-0.2, 0) is 0 Å². The maximum atomic E-state index is 12.1. The van der Waals surface area contributed by atoms with Crippen molar-refractivity contribution in [2.24, 2.45) is 0 Å². The highest BCUT2D eigenvalue weighted by Gasteiger charge is 2.08. The number of carbonyl (C=O) groups is 1. The zero-order valence-electron chi connectivity index (χ0n) is 10.6. The zero-order chi connectivity index (χ0) is 13.1. The van der Waals surface area contributed by atoms with Crippen LogP contribution in [-0.4, -0.2) is 25.5 Å². The fourth-order valence-corrected chi connectivity index (χ4v) is 3.00. The molecule has 0 bridgehead atoms. The van der Waals surface area contributed by atoms with E-state index in [9.17, 15) is 4.79 Å². The summed E-state index contributed by atoms with van der Waals surface area (Å²) in [4.78, 5) is 12.1. The topological polar surface area (TPSA) is 41.1 Å². The highest BCUT2D eigenvalue weighted by molar-refractivity contribution is 7.17. The number of nitrogens with one attached hydrogen (secondary N) is 2. The van der Waals surface area contributed by atoms with E-state index in [1.165, 1.54) is 10.3 Å². The van der Waals surface area contributed by atoms with Crippen LogP contribution in [0.15, 0.2) is 41.3 Å². The Kier molecular flexibility index (Phi) is 3.62. The Hall–Kier alpha value is -1.65. The van der Waals surface area contributed by atoms with Gasteiger partial charge in [0.05, 0.1) is 0 Å². The Balaban J connectivity index is 1.67. The predicted molar refractivity (Wildman–Crippen MR) is 79.7 cm³/mol. The molecule has 0 fully saturated rings. The lowest BCUT2D eigenvalue weighted by Gasteiger charge is -2.14. The fraction of sp³-hybridized carbons (Fsp3) is 0.267. The van der Waals surface area contributed by atoms with Crippen LogP contribution in [0.4, 0.5) is 0 Å². The minimum absolute atomic E-state index is 0.00697. The molecule has 0 unspecified atom stereocenters. The molecule has 98 valence electrons. The van der Waals surface area contributed by atoms with E-state index < -0.39 is 0 Å². The van der Waals surface area contributed by atoms with Crippen molar-refractivity contribution in [3.63, 3.8) is 0 Å². The third-order valence-corrected chi connectivity index (χ3v) is 4.25. The van der Waals surface area contributed by atoms with Crippen molar-refractivity contribution >= 4 is 27.3 Å². The van der Waals surface area contributed by atoms with Gasteiger partial charge in [0, 0.05) is 23.4 Å². The van der Waals surface area contributed by atoms with Gasteiger partial charge in [-0.25, -0.2) is 0 Å². The Bertz CT molecular complexity index is 630. The molecular formula is C15H16N2OS. The molecule has 4 heteroatoms. The summed E-state index contributed by atoms with van der Waals surface area (Å²) in [5, 5.41) is 9.44. The van der Waals surface area contributed by atoms with Crippen LogP contribution in [0.5, 0.6) is 0 Å². The van der Waals surface area contributed by atoms with Gasteiger partial charge in [-0.05, 0) is 48.0 Å². The SMILES string of the molecule is O=C(NCC1=CCNCC1)c1ccc2sccc2c1. The van der Waals surface area contributed by atoms with Crippen LogP contribution < -0.4 is 10.6 Å². The van der Waals surface area contributed by atoms with Crippen LogP contribution in [0, 0.1) is 0 Å². The van der Waals surface area contributed by atoms with Gasteiger partial charge >= 0.3 is 0 Å². The number of hydrogen-bond donors (Lipinski definition) is 2. The van der Waals surface area contributed by atoms with E-state index in [1.54, 1.807) is 11.3 Å². The second-order valence-electron chi connectivity index (χ2n) is 4.67. The second-order valence-corrected chi connectivity index (χ2v) is 5.62. The first kappa shape index (κ1) is 12.4. The summed E-state index contributed by atoms with van der Waals surface area (Å²) >= 11 is 1.70. The summed E-state index contributed by atoms with van der Waals surface area (Å²) in [6.45, 7) is 2.57. The summed E-state index contributed by atoms with van der Waals surface area (Å²) in [6.07, 6.45) is 3.18. The van der Waals surface area contributed by atoms with E-state index in [0.29, 0.717) is 6.54 Å². The summed E-state index contributed by atoms with van der Waals surface area (Å²) < 4.78 is 1.22. The van der Waals surface area contributed by atoms with Gasteiger partial charge < -0.3 is 10.6 Å². The largest absolute Gasteiger partial charge is 0.348 e. The van der Waals surface area contributed by atoms with Gasteiger partial charge in [-0.1, -0.05) is 11.6 Å². The van der Waals surface area contributed by atoms with Gasteiger partial charge in [-0.3, -0.25) is 4.79 Å². The van der Waals surface area contributed by atoms with Gasteiger partial charge in [-0.2, -0.15) is 0 Å². The third-order valence-electron chi connectivity index (χ3n) is 3.35. The number of carbonyl (C=O) groups excluding carboxylic acids is 1. The maximum Gasteiger partial charge on any atom is 0.251 e. The minimum Gasteiger partial charge on any atom is -0.348 e. The molecule has 1 aromatic heterocycles. The molecule has 19 heavy (non-hydrogen) atoms. The number of hydrogen-bond acceptors (Lipinski definition) is 3. The first-order valence-electron chi connectivity index (χ1n) is 6.47. The quantitative estimate of drug-likeness (QED) is 0.843. The molecule has 0 saturated heterocycles. The van der Waals surface area contributed by atoms with Crippen molar-refractivity contribution in [2.75, 3.05) is 19.6 Å². The molecule has 3 nitrogen and oxygen atoms in total. The van der Waals surface area contributed by atoms with E-state index in [0.717, 1.165) is 30.5 Å². The molecule has 1 aliphatic rings. The Morgan fingerprint density at radius 2 is 2.32 bits per heavy atom. The molecule has 0 radical (unpaired) electrons. The molecule has 2 aromatic rings. The number of benzene rings is 1. The van der Waals surface area contributed by atoms with Crippen LogP contribution in [0.1, 0.15) is 16.8 Å². The van der Waals surface area contributed by atoms with Gasteiger partial charge in [0.2, 0.25) is 0 Å². The van der Waals surface area contributed by atoms with Crippen LogP contribution in [0.3, 0.4) is 0 Å². The molecule has 0 saturated carbocycles. The van der Waals surface area contributed by atoms with Gasteiger partial charge in [0.15, 0.2) is 0 Å². The smallest absolute Gasteiger partial charge is 0.251 e. The van der Waals surface area contributed by atoms with E-state index in [2.05, 4.69) is 16.7 Å². The first-order valence-corrected chi connectivity index (χ1v) is 7.35. The summed E-state index contributed by atoms with van der Waals surface area (Å²) in [5.74, 6) is 0.00697. The normalized spacial score (nSPS) is 15.3. The highest BCUT2D eigenvalue weighted by Crippen LogP contribution is 2.21. The average molecular weight is 272 g/mol. The van der Waals surface area contributed by atoms with Crippen molar-refractivity contribution in [1.29, 1.82) is 0 Å². The van der Waals surface area contributed by atoms with Gasteiger partial charge in [0.25, 0.3) is 5.91 Å².